The van der Waals surface area contributed by atoms with Crippen molar-refractivity contribution >= 4 is 23.4 Å². The average molecular weight is 308 g/mol. The number of H-pyrrole nitrogens is 1. The summed E-state index contributed by atoms with van der Waals surface area (Å²) in [6.45, 7) is 6.68. The summed E-state index contributed by atoms with van der Waals surface area (Å²) in [7, 11) is 2.03. The maximum atomic E-state index is 5.62. The molecule has 0 aliphatic rings. The molecule has 0 bridgehead atoms. The Morgan fingerprint density at radius 2 is 1.90 bits per heavy atom. The number of aromatic amines is 1. The van der Waals surface area contributed by atoms with Gasteiger partial charge in [-0.05, 0) is 31.5 Å². The van der Waals surface area contributed by atoms with Crippen LogP contribution in [-0.2, 0) is 13.5 Å². The fraction of sp³-hybridized carbons (Fsp3) is 0.750. The molecule has 1 unspecified atom stereocenters. The van der Waals surface area contributed by atoms with Gasteiger partial charge in [-0.2, -0.15) is 5.10 Å². The highest BCUT2D eigenvalue weighted by Gasteiger charge is 2.20. The Kier molecular flexibility index (Phi) is 5.62. The smallest absolute Gasteiger partial charge is 0.179 e. The third-order valence-electron chi connectivity index (χ3n) is 4.13. The monoisotopic (exact) mass is 308 g/mol. The maximum absolute atomic E-state index is 5.62. The van der Waals surface area contributed by atoms with Gasteiger partial charge in [0.15, 0.2) is 10.4 Å². The van der Waals surface area contributed by atoms with Crippen molar-refractivity contribution in [2.75, 3.05) is 0 Å². The number of hydrogen-bond acceptors (Lipinski definition) is 2. The van der Waals surface area contributed by atoms with Gasteiger partial charge in [0.25, 0.3) is 0 Å². The average Bonchev–Trinajstić information content (AvgIpc) is 2.93. The molecule has 0 saturated heterocycles. The van der Waals surface area contributed by atoms with E-state index in [0.717, 1.165) is 34.5 Å². The van der Waals surface area contributed by atoms with Crippen LogP contribution in [0.1, 0.15) is 71.0 Å². The van der Waals surface area contributed by atoms with E-state index >= 15 is 0 Å². The summed E-state index contributed by atoms with van der Waals surface area (Å²) in [5, 5.41) is 4.68. The lowest BCUT2D eigenvalue weighted by atomic mass is 10.1. The number of nitrogens with zero attached hydrogens (tertiary/aromatic N) is 3. The zero-order chi connectivity index (χ0) is 15.4. The van der Waals surface area contributed by atoms with E-state index in [2.05, 4.69) is 35.4 Å². The van der Waals surface area contributed by atoms with Gasteiger partial charge in [0, 0.05) is 13.1 Å². The Morgan fingerprint density at radius 1 is 1.14 bits per heavy atom. The predicted molar refractivity (Wildman–Crippen MR) is 91.4 cm³/mol. The summed E-state index contributed by atoms with van der Waals surface area (Å²) in [6, 6.07) is 0.487. The lowest BCUT2D eigenvalue weighted by Crippen LogP contribution is -2.11. The minimum atomic E-state index is 0.487. The van der Waals surface area contributed by atoms with Crippen molar-refractivity contribution in [3.05, 3.63) is 10.5 Å². The van der Waals surface area contributed by atoms with E-state index in [-0.39, 0.29) is 0 Å². The quantitative estimate of drug-likeness (QED) is 0.703. The normalized spacial score (nSPS) is 13.1. The summed E-state index contributed by atoms with van der Waals surface area (Å²) >= 11 is 5.62. The molecule has 21 heavy (non-hydrogen) atoms. The molecule has 0 radical (unpaired) electrons. The highest BCUT2D eigenvalue weighted by atomic mass is 32.1. The molecule has 2 heterocycles. The molecule has 2 aromatic rings. The van der Waals surface area contributed by atoms with E-state index in [1.807, 2.05) is 11.7 Å². The summed E-state index contributed by atoms with van der Waals surface area (Å²) in [6.07, 6.45) is 8.14. The molecule has 0 saturated carbocycles. The van der Waals surface area contributed by atoms with Gasteiger partial charge in [-0.3, -0.25) is 9.25 Å². The van der Waals surface area contributed by atoms with E-state index in [1.165, 1.54) is 32.1 Å². The highest BCUT2D eigenvalue weighted by Crippen LogP contribution is 2.28. The Balaban J connectivity index is 2.50. The van der Waals surface area contributed by atoms with Crippen molar-refractivity contribution in [3.63, 3.8) is 0 Å². The SMILES string of the molecule is CCCCC(CCC)n1c(=S)[nH]c2c(CCC)nn(C)c21. The maximum Gasteiger partial charge on any atom is 0.179 e. The topological polar surface area (TPSA) is 38.5 Å². The van der Waals surface area contributed by atoms with Crippen molar-refractivity contribution in [2.24, 2.45) is 7.05 Å². The number of imidazole rings is 1. The van der Waals surface area contributed by atoms with Gasteiger partial charge >= 0.3 is 0 Å². The number of rotatable bonds is 8. The molecule has 1 atom stereocenters. The lowest BCUT2D eigenvalue weighted by molar-refractivity contribution is 0.417. The van der Waals surface area contributed by atoms with Gasteiger partial charge in [0.05, 0.1) is 5.69 Å². The minimum Gasteiger partial charge on any atom is -0.328 e. The van der Waals surface area contributed by atoms with Crippen LogP contribution in [0, 0.1) is 4.77 Å². The molecule has 2 aromatic heterocycles. The molecule has 0 aliphatic heterocycles. The Labute approximate surface area is 132 Å². The Hall–Kier alpha value is -1.10. The fourth-order valence-corrected chi connectivity index (χ4v) is 3.50. The van der Waals surface area contributed by atoms with Crippen LogP contribution in [0.4, 0.5) is 0 Å². The number of unbranched alkanes of at least 4 members (excludes halogenated alkanes) is 1. The van der Waals surface area contributed by atoms with Crippen molar-refractivity contribution in [1.29, 1.82) is 0 Å². The molecule has 118 valence electrons. The highest BCUT2D eigenvalue weighted by molar-refractivity contribution is 7.71. The van der Waals surface area contributed by atoms with Gasteiger partial charge in [0.2, 0.25) is 0 Å². The second kappa shape index (κ2) is 7.25. The first kappa shape index (κ1) is 16.3. The van der Waals surface area contributed by atoms with Gasteiger partial charge in [-0.15, -0.1) is 0 Å². The summed E-state index contributed by atoms with van der Waals surface area (Å²) in [5.74, 6) is 0. The van der Waals surface area contributed by atoms with E-state index in [9.17, 15) is 0 Å². The Morgan fingerprint density at radius 3 is 2.52 bits per heavy atom. The largest absolute Gasteiger partial charge is 0.328 e. The van der Waals surface area contributed by atoms with Gasteiger partial charge in [-0.25, -0.2) is 0 Å². The van der Waals surface area contributed by atoms with Crippen LogP contribution in [0.25, 0.3) is 11.2 Å². The van der Waals surface area contributed by atoms with Crippen molar-refractivity contribution in [2.45, 2.75) is 71.8 Å². The number of hydrogen-bond donors (Lipinski definition) is 1. The first-order valence-corrected chi connectivity index (χ1v) is 8.70. The molecule has 2 rings (SSSR count). The van der Waals surface area contributed by atoms with Gasteiger partial charge in [-0.1, -0.05) is 46.5 Å². The van der Waals surface area contributed by atoms with E-state index in [1.54, 1.807) is 0 Å². The minimum absolute atomic E-state index is 0.487. The van der Waals surface area contributed by atoms with Crippen LogP contribution in [0.2, 0.25) is 0 Å². The fourth-order valence-electron chi connectivity index (χ4n) is 3.16. The van der Waals surface area contributed by atoms with Crippen LogP contribution >= 0.6 is 12.2 Å². The van der Waals surface area contributed by atoms with E-state index in [0.29, 0.717) is 6.04 Å². The second-order valence-corrected chi connectivity index (χ2v) is 6.29. The molecule has 0 aliphatic carbocycles. The van der Waals surface area contributed by atoms with Crippen LogP contribution in [0.3, 0.4) is 0 Å². The number of aryl methyl sites for hydroxylation is 2. The van der Waals surface area contributed by atoms with E-state index in [4.69, 9.17) is 12.2 Å². The van der Waals surface area contributed by atoms with E-state index < -0.39 is 0 Å². The molecule has 4 nitrogen and oxygen atoms in total. The molecule has 0 spiro atoms. The predicted octanol–water partition coefficient (Wildman–Crippen LogP) is 4.92. The lowest BCUT2D eigenvalue weighted by Gasteiger charge is -2.18. The zero-order valence-corrected chi connectivity index (χ0v) is 14.6. The molecule has 5 heteroatoms. The van der Waals surface area contributed by atoms with Gasteiger partial charge in [0.1, 0.15) is 5.52 Å². The summed E-state index contributed by atoms with van der Waals surface area (Å²) < 4.78 is 5.17. The van der Waals surface area contributed by atoms with Crippen molar-refractivity contribution < 1.29 is 0 Å². The van der Waals surface area contributed by atoms with Crippen LogP contribution < -0.4 is 0 Å². The summed E-state index contributed by atoms with van der Waals surface area (Å²) in [5.41, 5.74) is 3.45. The number of nitrogens with one attached hydrogen (secondary N) is 1. The molecule has 0 fully saturated rings. The van der Waals surface area contributed by atoms with Gasteiger partial charge < -0.3 is 4.98 Å². The first-order valence-electron chi connectivity index (χ1n) is 8.30. The van der Waals surface area contributed by atoms with Crippen molar-refractivity contribution in [3.8, 4) is 0 Å². The molecule has 0 aromatic carbocycles. The first-order chi connectivity index (χ1) is 10.1. The Bertz CT molecular complexity index is 635. The second-order valence-electron chi connectivity index (χ2n) is 5.90. The standard InChI is InChI=1S/C16H28N4S/c1-5-8-11-12(9-6-2)20-15-14(17-16(20)21)13(10-7-3)18-19(15)4/h12H,5-11H2,1-4H3,(H,17,21). The molecular formula is C16H28N4S. The molecular weight excluding hydrogens is 280 g/mol. The third-order valence-corrected chi connectivity index (χ3v) is 4.43. The number of aromatic nitrogens is 4. The molecule has 1 N–H and O–H groups in total. The molecule has 0 amide bonds. The van der Waals surface area contributed by atoms with Crippen LogP contribution in [-0.4, -0.2) is 19.3 Å². The third kappa shape index (κ3) is 3.23. The van der Waals surface area contributed by atoms with Crippen LogP contribution in [0.15, 0.2) is 0 Å². The van der Waals surface area contributed by atoms with Crippen molar-refractivity contribution in [1.82, 2.24) is 19.3 Å². The number of fused-ring (bicyclic) bond motifs is 1. The zero-order valence-electron chi connectivity index (χ0n) is 13.8. The summed E-state index contributed by atoms with van der Waals surface area (Å²) in [4.78, 5) is 3.41. The van der Waals surface area contributed by atoms with Crippen LogP contribution in [0.5, 0.6) is 0 Å².